The Balaban J connectivity index is 1.74. The predicted octanol–water partition coefficient (Wildman–Crippen LogP) is 1.15. The number of hydrogen-bond acceptors (Lipinski definition) is 5. The summed E-state index contributed by atoms with van der Waals surface area (Å²) in [5, 5.41) is 19.3. The zero-order chi connectivity index (χ0) is 18.0. The van der Waals surface area contributed by atoms with Gasteiger partial charge in [0, 0.05) is 18.8 Å². The number of carbonyl (C=O) groups is 2. The number of anilines is 1. The van der Waals surface area contributed by atoms with Gasteiger partial charge < -0.3 is 5.11 Å². The van der Waals surface area contributed by atoms with Crippen LogP contribution < -0.4 is 5.32 Å². The van der Waals surface area contributed by atoms with E-state index < -0.39 is 11.9 Å². The van der Waals surface area contributed by atoms with Gasteiger partial charge in [0.15, 0.2) is 5.69 Å². The molecule has 0 aliphatic rings. The molecule has 0 radical (unpaired) electrons. The number of aromatic nitrogens is 5. The van der Waals surface area contributed by atoms with E-state index in [0.29, 0.717) is 5.56 Å². The third-order valence-corrected chi connectivity index (χ3v) is 3.33. The van der Waals surface area contributed by atoms with Crippen molar-refractivity contribution in [3.63, 3.8) is 0 Å². The maximum atomic E-state index is 13.6. The summed E-state index contributed by atoms with van der Waals surface area (Å²) in [6.45, 7) is 0.138. The van der Waals surface area contributed by atoms with Gasteiger partial charge in [0.1, 0.15) is 17.7 Å². The van der Waals surface area contributed by atoms with Crippen molar-refractivity contribution in [1.82, 2.24) is 24.5 Å². The largest absolute Gasteiger partial charge is 0.478 e. The molecule has 2 heterocycles. The molecule has 0 bridgehead atoms. The lowest BCUT2D eigenvalue weighted by Crippen LogP contribution is -2.17. The number of aryl methyl sites for hydroxylation is 1. The van der Waals surface area contributed by atoms with Gasteiger partial charge >= 0.3 is 5.97 Å². The number of carboxylic acids is 1. The fourth-order valence-corrected chi connectivity index (χ4v) is 2.20. The van der Waals surface area contributed by atoms with Crippen LogP contribution in [0, 0.1) is 5.82 Å². The van der Waals surface area contributed by atoms with Gasteiger partial charge in [0.25, 0.3) is 5.91 Å². The van der Waals surface area contributed by atoms with Crippen molar-refractivity contribution in [1.29, 1.82) is 0 Å². The van der Waals surface area contributed by atoms with Crippen LogP contribution in [0.1, 0.15) is 26.4 Å². The number of carbonyl (C=O) groups excluding carboxylic acids is 1. The second-order valence-corrected chi connectivity index (χ2v) is 5.18. The summed E-state index contributed by atoms with van der Waals surface area (Å²) < 4.78 is 16.2. The Kier molecular flexibility index (Phi) is 4.25. The van der Waals surface area contributed by atoms with Crippen LogP contribution in [0.15, 0.2) is 36.8 Å². The zero-order valence-corrected chi connectivity index (χ0v) is 13.0. The van der Waals surface area contributed by atoms with Crippen LogP contribution in [0.4, 0.5) is 10.3 Å². The second kappa shape index (κ2) is 6.51. The number of aromatic carboxylic acids is 1. The normalized spacial score (nSPS) is 10.6. The van der Waals surface area contributed by atoms with Crippen molar-refractivity contribution in [2.24, 2.45) is 7.05 Å². The SMILES string of the molecule is Cn1cc(C(=O)O)c(C(=O)Nc2ncn(Cc3ccccc3F)n2)n1. The molecule has 2 aromatic heterocycles. The summed E-state index contributed by atoms with van der Waals surface area (Å²) in [4.78, 5) is 27.2. The molecule has 0 aliphatic carbocycles. The Morgan fingerprint density at radius 1 is 1.28 bits per heavy atom. The van der Waals surface area contributed by atoms with E-state index in [1.54, 1.807) is 18.2 Å². The topological polar surface area (TPSA) is 115 Å². The number of nitrogens with one attached hydrogen (secondary N) is 1. The van der Waals surface area contributed by atoms with Crippen molar-refractivity contribution in [2.45, 2.75) is 6.54 Å². The highest BCUT2D eigenvalue weighted by atomic mass is 19.1. The molecular weight excluding hydrogens is 331 g/mol. The van der Waals surface area contributed by atoms with Crippen LogP contribution in [0.25, 0.3) is 0 Å². The van der Waals surface area contributed by atoms with E-state index in [4.69, 9.17) is 5.11 Å². The van der Waals surface area contributed by atoms with Gasteiger partial charge in [-0.05, 0) is 6.07 Å². The molecule has 10 heteroatoms. The number of halogens is 1. The molecule has 9 nitrogen and oxygen atoms in total. The molecule has 0 atom stereocenters. The van der Waals surface area contributed by atoms with Crippen LogP contribution in [-0.2, 0) is 13.6 Å². The Bertz CT molecular complexity index is 948. The first-order valence-electron chi connectivity index (χ1n) is 7.15. The van der Waals surface area contributed by atoms with E-state index in [2.05, 4.69) is 20.5 Å². The summed E-state index contributed by atoms with van der Waals surface area (Å²) in [5.74, 6) is -2.43. The molecule has 25 heavy (non-hydrogen) atoms. The van der Waals surface area contributed by atoms with Crippen molar-refractivity contribution >= 4 is 17.8 Å². The van der Waals surface area contributed by atoms with Gasteiger partial charge in [0.05, 0.1) is 6.54 Å². The van der Waals surface area contributed by atoms with Crippen molar-refractivity contribution in [3.8, 4) is 0 Å². The van der Waals surface area contributed by atoms with Crippen LogP contribution in [0.2, 0.25) is 0 Å². The third kappa shape index (κ3) is 3.52. The average Bonchev–Trinajstić information content (AvgIpc) is 3.16. The number of benzene rings is 1. The number of nitrogens with zero attached hydrogens (tertiary/aromatic N) is 5. The maximum Gasteiger partial charge on any atom is 0.339 e. The first-order valence-corrected chi connectivity index (χ1v) is 7.15. The highest BCUT2D eigenvalue weighted by Gasteiger charge is 2.22. The summed E-state index contributed by atoms with van der Waals surface area (Å²) in [5.41, 5.74) is -0.0607. The summed E-state index contributed by atoms with van der Waals surface area (Å²) in [7, 11) is 1.50. The molecule has 0 spiro atoms. The third-order valence-electron chi connectivity index (χ3n) is 3.33. The minimum absolute atomic E-state index is 0.0386. The predicted molar refractivity (Wildman–Crippen MR) is 83.6 cm³/mol. The molecule has 0 saturated heterocycles. The smallest absolute Gasteiger partial charge is 0.339 e. The van der Waals surface area contributed by atoms with Gasteiger partial charge in [-0.15, -0.1) is 5.10 Å². The molecule has 128 valence electrons. The van der Waals surface area contributed by atoms with Crippen LogP contribution in [0.3, 0.4) is 0 Å². The second-order valence-electron chi connectivity index (χ2n) is 5.18. The standard InChI is InChI=1S/C15H13FN6O3/c1-21-7-10(14(24)25)12(19-21)13(23)18-15-17-8-22(20-15)6-9-4-2-3-5-11(9)16/h2-5,7-8H,6H2,1H3,(H,24,25)(H,18,20,23). The molecule has 1 amide bonds. The number of amides is 1. The summed E-state index contributed by atoms with van der Waals surface area (Å²) in [6.07, 6.45) is 2.56. The molecule has 0 aliphatic heterocycles. The Hall–Kier alpha value is -3.56. The number of hydrogen-bond donors (Lipinski definition) is 2. The monoisotopic (exact) mass is 344 g/mol. The lowest BCUT2D eigenvalue weighted by Gasteiger charge is -2.02. The first-order chi connectivity index (χ1) is 11.9. The average molecular weight is 344 g/mol. The van der Waals surface area contributed by atoms with Crippen molar-refractivity contribution in [3.05, 3.63) is 59.4 Å². The summed E-state index contributed by atoms with van der Waals surface area (Å²) >= 11 is 0. The minimum Gasteiger partial charge on any atom is -0.478 e. The molecule has 3 rings (SSSR count). The lowest BCUT2D eigenvalue weighted by molar-refractivity contribution is 0.0692. The molecule has 1 aromatic carbocycles. The highest BCUT2D eigenvalue weighted by Crippen LogP contribution is 2.11. The van der Waals surface area contributed by atoms with E-state index in [-0.39, 0.29) is 29.6 Å². The molecule has 0 unspecified atom stereocenters. The van der Waals surface area contributed by atoms with Crippen LogP contribution in [0.5, 0.6) is 0 Å². The summed E-state index contributed by atoms with van der Waals surface area (Å²) in [6, 6.07) is 6.23. The zero-order valence-electron chi connectivity index (χ0n) is 13.0. The van der Waals surface area contributed by atoms with E-state index in [1.165, 1.54) is 35.0 Å². The van der Waals surface area contributed by atoms with Crippen molar-refractivity contribution < 1.29 is 19.1 Å². The Morgan fingerprint density at radius 3 is 2.76 bits per heavy atom. The van der Waals surface area contributed by atoms with Gasteiger partial charge in [-0.1, -0.05) is 18.2 Å². The van der Waals surface area contributed by atoms with E-state index >= 15 is 0 Å². The van der Waals surface area contributed by atoms with Gasteiger partial charge in [0.2, 0.25) is 5.95 Å². The maximum absolute atomic E-state index is 13.6. The highest BCUT2D eigenvalue weighted by molar-refractivity contribution is 6.08. The lowest BCUT2D eigenvalue weighted by atomic mass is 10.2. The first kappa shape index (κ1) is 16.3. The fraction of sp³-hybridized carbons (Fsp3) is 0.133. The molecule has 3 aromatic rings. The van der Waals surface area contributed by atoms with Gasteiger partial charge in [-0.25, -0.2) is 18.9 Å². The van der Waals surface area contributed by atoms with E-state index in [1.807, 2.05) is 0 Å². The van der Waals surface area contributed by atoms with Gasteiger partial charge in [-0.3, -0.25) is 14.8 Å². The van der Waals surface area contributed by atoms with E-state index in [9.17, 15) is 14.0 Å². The Labute approximate surface area is 140 Å². The van der Waals surface area contributed by atoms with Gasteiger partial charge in [-0.2, -0.15) is 5.10 Å². The fourth-order valence-electron chi connectivity index (χ4n) is 2.20. The molecule has 0 saturated carbocycles. The minimum atomic E-state index is -1.27. The van der Waals surface area contributed by atoms with Crippen molar-refractivity contribution in [2.75, 3.05) is 5.32 Å². The van der Waals surface area contributed by atoms with E-state index in [0.717, 1.165) is 0 Å². The van der Waals surface area contributed by atoms with Crippen LogP contribution in [-0.4, -0.2) is 41.5 Å². The number of rotatable bonds is 5. The molecule has 2 N–H and O–H groups in total. The molecule has 0 fully saturated rings. The quantitative estimate of drug-likeness (QED) is 0.717. The Morgan fingerprint density at radius 2 is 2.04 bits per heavy atom. The van der Waals surface area contributed by atoms with Crippen LogP contribution >= 0.6 is 0 Å². The number of carboxylic acid groups (broad SMARTS) is 1. The molecular formula is C15H13FN6O3.